The predicted molar refractivity (Wildman–Crippen MR) is 76.0 cm³/mol. The Bertz CT molecular complexity index is 279. The van der Waals surface area contributed by atoms with E-state index in [2.05, 4.69) is 33.9 Å². The fraction of sp³-hybridized carbons (Fsp3) is 0.846. The molecule has 0 unspecified atom stereocenters. The van der Waals surface area contributed by atoms with Gasteiger partial charge >= 0.3 is 0 Å². The van der Waals surface area contributed by atoms with E-state index in [1.807, 2.05) is 0 Å². The molecule has 3 N–H and O–H groups in total. The van der Waals surface area contributed by atoms with Crippen LogP contribution >= 0.6 is 0 Å². The molecule has 0 spiro atoms. The van der Waals surface area contributed by atoms with Gasteiger partial charge in [0.15, 0.2) is 8.32 Å². The number of rotatable bonds is 6. The van der Waals surface area contributed by atoms with E-state index < -0.39 is 20.0 Å². The van der Waals surface area contributed by atoms with E-state index in [-0.39, 0.29) is 18.3 Å². The minimum atomic E-state index is -1.95. The smallest absolute Gasteiger partial charge is 0.192 e. The molecular formula is C13H28O4Si. The van der Waals surface area contributed by atoms with Gasteiger partial charge in [0.2, 0.25) is 0 Å². The van der Waals surface area contributed by atoms with Crippen LogP contribution in [-0.4, -0.2) is 48.6 Å². The third-order valence-electron chi connectivity index (χ3n) is 3.42. The van der Waals surface area contributed by atoms with Crippen LogP contribution in [0.4, 0.5) is 0 Å². The SMILES string of the molecule is CC(C)(C)[Si](C)(C)O[C@@H](/C=C\[C@](C)(O)CO)CO. The average Bonchev–Trinajstić information content (AvgIpc) is 2.22. The molecule has 108 valence electrons. The molecule has 0 fully saturated rings. The Morgan fingerprint density at radius 1 is 1.17 bits per heavy atom. The molecule has 0 aliphatic carbocycles. The number of hydrogen-bond acceptors (Lipinski definition) is 4. The number of aliphatic hydroxyl groups excluding tert-OH is 2. The normalized spacial score (nSPS) is 18.9. The van der Waals surface area contributed by atoms with Crippen LogP contribution in [0, 0.1) is 0 Å². The van der Waals surface area contributed by atoms with Crippen LogP contribution in [0.2, 0.25) is 18.1 Å². The van der Waals surface area contributed by atoms with Crippen LogP contribution in [0.5, 0.6) is 0 Å². The average molecular weight is 276 g/mol. The molecule has 4 nitrogen and oxygen atoms in total. The summed E-state index contributed by atoms with van der Waals surface area (Å²) in [5.41, 5.74) is -1.27. The van der Waals surface area contributed by atoms with Crippen LogP contribution in [0.15, 0.2) is 12.2 Å². The quantitative estimate of drug-likeness (QED) is 0.510. The lowest BCUT2D eigenvalue weighted by Crippen LogP contribution is -2.44. The fourth-order valence-corrected chi connectivity index (χ4v) is 2.32. The third-order valence-corrected chi connectivity index (χ3v) is 7.93. The molecule has 0 radical (unpaired) electrons. The van der Waals surface area contributed by atoms with Crippen molar-refractivity contribution in [1.29, 1.82) is 0 Å². The van der Waals surface area contributed by atoms with E-state index in [0.717, 1.165) is 0 Å². The Kier molecular flexibility index (Phi) is 6.23. The Morgan fingerprint density at radius 2 is 1.67 bits per heavy atom. The van der Waals surface area contributed by atoms with Gasteiger partial charge in [0.05, 0.1) is 19.3 Å². The largest absolute Gasteiger partial charge is 0.408 e. The topological polar surface area (TPSA) is 69.9 Å². The van der Waals surface area contributed by atoms with Crippen LogP contribution in [0.3, 0.4) is 0 Å². The van der Waals surface area contributed by atoms with Gasteiger partial charge in [-0.3, -0.25) is 0 Å². The highest BCUT2D eigenvalue weighted by atomic mass is 28.4. The highest BCUT2D eigenvalue weighted by molar-refractivity contribution is 6.74. The van der Waals surface area contributed by atoms with Crippen LogP contribution in [-0.2, 0) is 4.43 Å². The first-order chi connectivity index (χ1) is 7.95. The molecule has 0 saturated heterocycles. The maximum absolute atomic E-state index is 9.66. The van der Waals surface area contributed by atoms with Gasteiger partial charge in [0.1, 0.15) is 5.60 Å². The monoisotopic (exact) mass is 276 g/mol. The minimum Gasteiger partial charge on any atom is -0.408 e. The molecular weight excluding hydrogens is 248 g/mol. The first-order valence-corrected chi connectivity index (χ1v) is 9.17. The Hall–Kier alpha value is -0.203. The second-order valence-corrected chi connectivity index (χ2v) is 11.2. The molecule has 0 aliphatic rings. The first kappa shape index (κ1) is 17.8. The standard InChI is InChI=1S/C13H28O4Si/c1-12(2,3)18(5,6)17-11(9-14)7-8-13(4,16)10-15/h7-8,11,14-16H,9-10H2,1-6H3/b8-7-/t11-,13-/m0/s1. The summed E-state index contributed by atoms with van der Waals surface area (Å²) in [5, 5.41) is 28.0. The van der Waals surface area contributed by atoms with E-state index >= 15 is 0 Å². The van der Waals surface area contributed by atoms with Gasteiger partial charge in [0, 0.05) is 0 Å². The molecule has 5 heteroatoms. The van der Waals surface area contributed by atoms with Gasteiger partial charge in [-0.1, -0.05) is 32.9 Å². The van der Waals surface area contributed by atoms with Gasteiger partial charge in [-0.25, -0.2) is 0 Å². The molecule has 0 aromatic rings. The van der Waals surface area contributed by atoms with Crippen molar-refractivity contribution in [3.8, 4) is 0 Å². The third kappa shape index (κ3) is 5.62. The molecule has 0 amide bonds. The predicted octanol–water partition coefficient (Wildman–Crippen LogP) is 1.67. The van der Waals surface area contributed by atoms with Crippen molar-refractivity contribution in [2.75, 3.05) is 13.2 Å². The summed E-state index contributed by atoms with van der Waals surface area (Å²) >= 11 is 0. The molecule has 0 saturated carbocycles. The second-order valence-electron chi connectivity index (χ2n) is 6.47. The summed E-state index contributed by atoms with van der Waals surface area (Å²) < 4.78 is 6.00. The maximum atomic E-state index is 9.66. The van der Waals surface area contributed by atoms with E-state index in [4.69, 9.17) is 9.53 Å². The molecule has 2 atom stereocenters. The van der Waals surface area contributed by atoms with Crippen molar-refractivity contribution in [3.63, 3.8) is 0 Å². The van der Waals surface area contributed by atoms with Gasteiger partial charge in [-0.2, -0.15) is 0 Å². The van der Waals surface area contributed by atoms with Crippen LogP contribution < -0.4 is 0 Å². The fourth-order valence-electron chi connectivity index (χ4n) is 1.06. The highest BCUT2D eigenvalue weighted by Gasteiger charge is 2.38. The zero-order valence-electron chi connectivity index (χ0n) is 12.4. The summed E-state index contributed by atoms with van der Waals surface area (Å²) in [6, 6.07) is 0. The van der Waals surface area contributed by atoms with Crippen molar-refractivity contribution in [2.45, 2.75) is 57.5 Å². The van der Waals surface area contributed by atoms with Crippen molar-refractivity contribution in [2.24, 2.45) is 0 Å². The molecule has 0 aromatic heterocycles. The lowest BCUT2D eigenvalue weighted by atomic mass is 10.1. The summed E-state index contributed by atoms with van der Waals surface area (Å²) in [7, 11) is -1.95. The molecule has 0 heterocycles. The van der Waals surface area contributed by atoms with E-state index in [0.29, 0.717) is 0 Å². The van der Waals surface area contributed by atoms with Gasteiger partial charge in [0.25, 0.3) is 0 Å². The maximum Gasteiger partial charge on any atom is 0.192 e. The second kappa shape index (κ2) is 6.30. The molecule has 0 aromatic carbocycles. The zero-order chi connectivity index (χ0) is 14.6. The minimum absolute atomic E-state index is 0.0633. The van der Waals surface area contributed by atoms with Crippen LogP contribution in [0.1, 0.15) is 27.7 Å². The van der Waals surface area contributed by atoms with Crippen molar-refractivity contribution in [3.05, 3.63) is 12.2 Å². The highest BCUT2D eigenvalue weighted by Crippen LogP contribution is 2.37. The Balaban J connectivity index is 4.74. The first-order valence-electron chi connectivity index (χ1n) is 6.26. The van der Waals surface area contributed by atoms with Gasteiger partial charge in [-0.05, 0) is 25.1 Å². The molecule has 0 rings (SSSR count). The Morgan fingerprint density at radius 3 is 2.00 bits per heavy atom. The van der Waals surface area contributed by atoms with E-state index in [1.54, 1.807) is 6.08 Å². The van der Waals surface area contributed by atoms with Crippen molar-refractivity contribution < 1.29 is 19.7 Å². The molecule has 0 bridgehead atoms. The van der Waals surface area contributed by atoms with E-state index in [1.165, 1.54) is 13.0 Å². The number of aliphatic hydroxyl groups is 3. The lowest BCUT2D eigenvalue weighted by Gasteiger charge is -2.38. The van der Waals surface area contributed by atoms with Gasteiger partial charge in [-0.15, -0.1) is 0 Å². The van der Waals surface area contributed by atoms with Crippen molar-refractivity contribution in [1.82, 2.24) is 0 Å². The summed E-state index contributed by atoms with van der Waals surface area (Å²) in [6.45, 7) is 11.6. The van der Waals surface area contributed by atoms with Crippen molar-refractivity contribution >= 4 is 8.32 Å². The molecule has 18 heavy (non-hydrogen) atoms. The van der Waals surface area contributed by atoms with Crippen LogP contribution in [0.25, 0.3) is 0 Å². The lowest BCUT2D eigenvalue weighted by molar-refractivity contribution is 0.0419. The zero-order valence-corrected chi connectivity index (χ0v) is 13.4. The summed E-state index contributed by atoms with van der Waals surface area (Å²) in [4.78, 5) is 0. The Labute approximate surface area is 111 Å². The summed E-state index contributed by atoms with van der Waals surface area (Å²) in [6.07, 6.45) is 2.65. The number of hydrogen-bond donors (Lipinski definition) is 3. The van der Waals surface area contributed by atoms with E-state index in [9.17, 15) is 10.2 Å². The molecule has 0 aliphatic heterocycles. The summed E-state index contributed by atoms with van der Waals surface area (Å²) in [5.74, 6) is 0. The van der Waals surface area contributed by atoms with Gasteiger partial charge < -0.3 is 19.7 Å².